The number of imidazole rings is 2. The molecule has 1 aliphatic rings. The highest BCUT2D eigenvalue weighted by molar-refractivity contribution is 5.77. The minimum atomic E-state index is 0.392. The molecule has 2 aromatic heterocycles. The minimum absolute atomic E-state index is 0.392. The Morgan fingerprint density at radius 1 is 1.29 bits per heavy atom. The van der Waals surface area contributed by atoms with Crippen LogP contribution in [-0.2, 0) is 7.05 Å². The summed E-state index contributed by atoms with van der Waals surface area (Å²) in [6.07, 6.45) is 6.34. The predicted molar refractivity (Wildman–Crippen MR) is 95.9 cm³/mol. The summed E-state index contributed by atoms with van der Waals surface area (Å²) in [7, 11) is 4.29. The van der Waals surface area contributed by atoms with E-state index >= 15 is 0 Å². The third-order valence-electron chi connectivity index (χ3n) is 5.09. The fourth-order valence-electron chi connectivity index (χ4n) is 3.86. The Labute approximate surface area is 141 Å². The highest BCUT2D eigenvalue weighted by Gasteiger charge is 2.32. The molecule has 3 heterocycles. The number of likely N-dealkylation sites (tertiary alicyclic amines) is 1. The molecule has 2 atom stereocenters. The Morgan fingerprint density at radius 2 is 2.17 bits per heavy atom. The van der Waals surface area contributed by atoms with E-state index in [9.17, 15) is 0 Å². The summed E-state index contributed by atoms with van der Waals surface area (Å²) in [4.78, 5) is 14.7. The largest absolute Gasteiger partial charge is 0.355 e. The molecule has 0 bridgehead atoms. The number of nitrogens with one attached hydrogen (secondary N) is 2. The highest BCUT2D eigenvalue weighted by atomic mass is 15.2. The van der Waals surface area contributed by atoms with Crippen LogP contribution < -0.4 is 5.32 Å². The molecule has 0 saturated carbocycles. The van der Waals surface area contributed by atoms with Crippen LogP contribution in [0.2, 0.25) is 0 Å². The third-order valence-corrected chi connectivity index (χ3v) is 5.09. The maximum Gasteiger partial charge on any atom is 0.201 e. The Balaban J connectivity index is 1.52. The molecular weight excluding hydrogens is 300 g/mol. The van der Waals surface area contributed by atoms with Gasteiger partial charge in [0.15, 0.2) is 0 Å². The number of piperidine rings is 1. The van der Waals surface area contributed by atoms with Crippen LogP contribution in [0.15, 0.2) is 36.8 Å². The van der Waals surface area contributed by atoms with Gasteiger partial charge in [-0.05, 0) is 44.5 Å². The van der Waals surface area contributed by atoms with Gasteiger partial charge in [0, 0.05) is 19.8 Å². The number of nitrogens with zero attached hydrogens (tertiary/aromatic N) is 4. The standard InChI is InChI=1S/C18H24N6/c1-23-9-5-6-13(17(23)16-11-19-12-24(16)2)10-20-18-21-14-7-3-4-8-15(14)22-18/h3-4,7-8,11-13,17H,5-6,9-10H2,1-2H3,(H2,20,21,22)/t13-,17+/m0/s1. The zero-order chi connectivity index (χ0) is 16.5. The van der Waals surface area contributed by atoms with Gasteiger partial charge >= 0.3 is 0 Å². The van der Waals surface area contributed by atoms with Crippen LogP contribution in [0.1, 0.15) is 24.6 Å². The first-order valence-corrected chi connectivity index (χ1v) is 8.57. The summed E-state index contributed by atoms with van der Waals surface area (Å²) in [6, 6.07) is 8.52. The average Bonchev–Trinajstić information content (AvgIpc) is 3.18. The second kappa shape index (κ2) is 6.28. The molecule has 0 unspecified atom stereocenters. The number of aromatic nitrogens is 4. The van der Waals surface area contributed by atoms with E-state index in [4.69, 9.17) is 0 Å². The third kappa shape index (κ3) is 2.78. The van der Waals surface area contributed by atoms with Gasteiger partial charge in [0.05, 0.1) is 29.1 Å². The van der Waals surface area contributed by atoms with Gasteiger partial charge in [-0.1, -0.05) is 12.1 Å². The van der Waals surface area contributed by atoms with Crippen molar-refractivity contribution in [3.8, 4) is 0 Å². The van der Waals surface area contributed by atoms with E-state index in [1.165, 1.54) is 18.5 Å². The molecule has 3 aromatic rings. The Hall–Kier alpha value is -2.34. The van der Waals surface area contributed by atoms with Crippen molar-refractivity contribution in [1.82, 2.24) is 24.4 Å². The average molecular weight is 324 g/mol. The number of para-hydroxylation sites is 2. The number of aryl methyl sites for hydroxylation is 1. The molecule has 126 valence electrons. The molecule has 0 spiro atoms. The SMILES string of the molecule is CN1CCC[C@@H](CNc2nc3ccccc3[nH]2)[C@@H]1c1cncn1C. The molecule has 1 aromatic carbocycles. The van der Waals surface area contributed by atoms with E-state index in [0.717, 1.165) is 30.1 Å². The Bertz CT molecular complexity index is 787. The molecule has 1 aliphatic heterocycles. The van der Waals surface area contributed by atoms with Gasteiger partial charge in [0.1, 0.15) is 0 Å². The van der Waals surface area contributed by atoms with Gasteiger partial charge < -0.3 is 14.9 Å². The first-order valence-electron chi connectivity index (χ1n) is 8.57. The summed E-state index contributed by atoms with van der Waals surface area (Å²) in [5.41, 5.74) is 3.36. The van der Waals surface area contributed by atoms with Gasteiger partial charge in [0.2, 0.25) is 5.95 Å². The fourth-order valence-corrected chi connectivity index (χ4v) is 3.86. The van der Waals surface area contributed by atoms with Crippen LogP contribution in [0.5, 0.6) is 0 Å². The number of benzene rings is 1. The van der Waals surface area contributed by atoms with Gasteiger partial charge in [-0.25, -0.2) is 9.97 Å². The molecule has 6 heteroatoms. The van der Waals surface area contributed by atoms with Crippen LogP contribution in [0.4, 0.5) is 5.95 Å². The molecular formula is C18H24N6. The van der Waals surface area contributed by atoms with Gasteiger partial charge in [-0.3, -0.25) is 4.90 Å². The normalized spacial score (nSPS) is 22.1. The Kier molecular flexibility index (Phi) is 3.98. The lowest BCUT2D eigenvalue weighted by atomic mass is 9.87. The minimum Gasteiger partial charge on any atom is -0.355 e. The summed E-state index contributed by atoms with van der Waals surface area (Å²) in [5.74, 6) is 1.39. The van der Waals surface area contributed by atoms with Crippen molar-refractivity contribution in [2.75, 3.05) is 25.5 Å². The van der Waals surface area contributed by atoms with E-state index in [1.807, 2.05) is 30.7 Å². The second-order valence-electron chi connectivity index (χ2n) is 6.74. The number of fused-ring (bicyclic) bond motifs is 1. The van der Waals surface area contributed by atoms with Crippen LogP contribution in [0.25, 0.3) is 11.0 Å². The molecule has 0 aliphatic carbocycles. The maximum atomic E-state index is 4.62. The summed E-state index contributed by atoms with van der Waals surface area (Å²) in [5, 5.41) is 3.51. The number of hydrogen-bond acceptors (Lipinski definition) is 4. The van der Waals surface area contributed by atoms with Crippen molar-refractivity contribution in [3.05, 3.63) is 42.5 Å². The molecule has 4 rings (SSSR count). The lowest BCUT2D eigenvalue weighted by Crippen LogP contribution is -2.39. The van der Waals surface area contributed by atoms with E-state index < -0.39 is 0 Å². The summed E-state index contributed by atoms with van der Waals surface area (Å²) >= 11 is 0. The van der Waals surface area contributed by atoms with Crippen molar-refractivity contribution in [2.24, 2.45) is 13.0 Å². The predicted octanol–water partition coefficient (Wildman–Crippen LogP) is 2.79. The van der Waals surface area contributed by atoms with E-state index in [0.29, 0.717) is 12.0 Å². The summed E-state index contributed by atoms with van der Waals surface area (Å²) < 4.78 is 2.14. The molecule has 2 N–H and O–H groups in total. The van der Waals surface area contributed by atoms with E-state index in [1.54, 1.807) is 0 Å². The monoisotopic (exact) mass is 324 g/mol. The molecule has 1 fully saturated rings. The lowest BCUT2D eigenvalue weighted by Gasteiger charge is -2.39. The zero-order valence-electron chi connectivity index (χ0n) is 14.2. The van der Waals surface area contributed by atoms with Gasteiger partial charge in [0.25, 0.3) is 0 Å². The van der Waals surface area contributed by atoms with Crippen molar-refractivity contribution in [3.63, 3.8) is 0 Å². The smallest absolute Gasteiger partial charge is 0.201 e. The van der Waals surface area contributed by atoms with Gasteiger partial charge in [-0.2, -0.15) is 0 Å². The van der Waals surface area contributed by atoms with Crippen LogP contribution in [0, 0.1) is 5.92 Å². The van der Waals surface area contributed by atoms with Crippen LogP contribution in [0.3, 0.4) is 0 Å². The highest BCUT2D eigenvalue weighted by Crippen LogP contribution is 2.34. The van der Waals surface area contributed by atoms with Crippen molar-refractivity contribution >= 4 is 17.0 Å². The van der Waals surface area contributed by atoms with Crippen LogP contribution in [-0.4, -0.2) is 44.6 Å². The zero-order valence-corrected chi connectivity index (χ0v) is 14.2. The number of aromatic amines is 1. The lowest BCUT2D eigenvalue weighted by molar-refractivity contribution is 0.122. The first-order chi connectivity index (χ1) is 11.7. The van der Waals surface area contributed by atoms with E-state index in [-0.39, 0.29) is 0 Å². The molecule has 0 radical (unpaired) electrons. The molecule has 6 nitrogen and oxygen atoms in total. The van der Waals surface area contributed by atoms with Crippen molar-refractivity contribution in [2.45, 2.75) is 18.9 Å². The Morgan fingerprint density at radius 3 is 2.96 bits per heavy atom. The number of H-pyrrole nitrogens is 1. The van der Waals surface area contributed by atoms with Crippen LogP contribution >= 0.6 is 0 Å². The van der Waals surface area contributed by atoms with Gasteiger partial charge in [-0.15, -0.1) is 0 Å². The number of anilines is 1. The fraction of sp³-hybridized carbons (Fsp3) is 0.444. The topological polar surface area (TPSA) is 61.8 Å². The van der Waals surface area contributed by atoms with Crippen molar-refractivity contribution < 1.29 is 0 Å². The first kappa shape index (κ1) is 15.2. The number of rotatable bonds is 4. The second-order valence-corrected chi connectivity index (χ2v) is 6.74. The number of hydrogen-bond donors (Lipinski definition) is 2. The summed E-state index contributed by atoms with van der Waals surface area (Å²) in [6.45, 7) is 2.04. The maximum absolute atomic E-state index is 4.62. The van der Waals surface area contributed by atoms with E-state index in [2.05, 4.69) is 49.9 Å². The molecule has 1 saturated heterocycles. The molecule has 0 amide bonds. The molecule has 24 heavy (non-hydrogen) atoms. The quantitative estimate of drug-likeness (QED) is 0.775. The van der Waals surface area contributed by atoms with Crippen molar-refractivity contribution in [1.29, 1.82) is 0 Å².